The molecule has 0 aromatic heterocycles. The maximum absolute atomic E-state index is 3.58. The molecule has 0 saturated carbocycles. The van der Waals surface area contributed by atoms with Crippen molar-refractivity contribution in [3.8, 4) is 44.5 Å². The lowest BCUT2D eigenvalue weighted by Crippen LogP contribution is -2.28. The van der Waals surface area contributed by atoms with Gasteiger partial charge in [0.1, 0.15) is 0 Å². The Morgan fingerprint density at radius 1 is 0.396 bits per heavy atom. The van der Waals surface area contributed by atoms with Gasteiger partial charge in [-0.05, 0) is 121 Å². The van der Waals surface area contributed by atoms with Crippen molar-refractivity contribution in [2.24, 2.45) is 0 Å². The highest BCUT2D eigenvalue weighted by Crippen LogP contribution is 2.56. The minimum Gasteiger partial charge on any atom is -0.0622 e. The first kappa shape index (κ1) is 32.9. The van der Waals surface area contributed by atoms with Crippen LogP contribution < -0.4 is 0 Å². The third-order valence-electron chi connectivity index (χ3n) is 10.8. The molecule has 0 fully saturated rings. The molecular formula is C52H37Br. The van der Waals surface area contributed by atoms with E-state index in [0.29, 0.717) is 0 Å². The Balaban J connectivity index is 1.17. The second-order valence-electron chi connectivity index (χ2n) is 13.9. The molecule has 8 aromatic rings. The van der Waals surface area contributed by atoms with Gasteiger partial charge in [-0.3, -0.25) is 0 Å². The second-order valence-corrected chi connectivity index (χ2v) is 14.8. The van der Waals surface area contributed by atoms with Gasteiger partial charge in [-0.1, -0.05) is 192 Å². The minimum absolute atomic E-state index is 0.395. The summed E-state index contributed by atoms with van der Waals surface area (Å²) in [6.07, 6.45) is 4.58. The van der Waals surface area contributed by atoms with Crippen LogP contribution in [0.25, 0.3) is 56.7 Å². The molecule has 0 amide bonds. The summed E-state index contributed by atoms with van der Waals surface area (Å²) in [7, 11) is 0. The Labute approximate surface area is 320 Å². The highest BCUT2D eigenvalue weighted by atomic mass is 79.9. The van der Waals surface area contributed by atoms with Crippen molar-refractivity contribution in [2.45, 2.75) is 12.3 Å². The van der Waals surface area contributed by atoms with E-state index in [-0.39, 0.29) is 0 Å². The number of benzene rings is 8. The maximum atomic E-state index is 3.58. The highest BCUT2D eigenvalue weighted by molar-refractivity contribution is 9.10. The van der Waals surface area contributed by atoms with Crippen molar-refractivity contribution in [1.29, 1.82) is 0 Å². The van der Waals surface area contributed by atoms with Crippen molar-refractivity contribution in [1.82, 2.24) is 0 Å². The van der Waals surface area contributed by atoms with E-state index in [4.69, 9.17) is 0 Å². The lowest BCUT2D eigenvalue weighted by Gasteiger charge is -2.33. The summed E-state index contributed by atoms with van der Waals surface area (Å²) in [5.74, 6) is 0. The van der Waals surface area contributed by atoms with Gasteiger partial charge < -0.3 is 0 Å². The molecule has 1 heteroatoms. The zero-order valence-electron chi connectivity index (χ0n) is 29.5. The molecule has 0 aliphatic heterocycles. The molecule has 0 spiro atoms. The zero-order chi connectivity index (χ0) is 35.8. The van der Waals surface area contributed by atoms with E-state index in [0.717, 1.165) is 4.47 Å². The van der Waals surface area contributed by atoms with Crippen LogP contribution in [0, 0.1) is 6.92 Å². The standard InChI is InChI=1S/C52H37Br/c1-36-13-8-9-20-46(36)47-31-28-41(40-15-12-14-39(34-40)38-26-29-45(53)30-27-38)35-42(47)25-23-37-24-32-51-49(33-37)48-21-10-11-22-50(48)52(51,43-16-4-2-5-17-43)44-18-6-3-7-19-44/h2-35H,1H3/b25-23-. The number of aryl methyl sites for hydroxylation is 1. The van der Waals surface area contributed by atoms with Crippen LogP contribution in [0.1, 0.15) is 38.9 Å². The number of fused-ring (bicyclic) bond motifs is 3. The van der Waals surface area contributed by atoms with Crippen LogP contribution in [0.15, 0.2) is 199 Å². The molecule has 1 aliphatic carbocycles. The van der Waals surface area contributed by atoms with Gasteiger partial charge in [0.25, 0.3) is 0 Å². The summed E-state index contributed by atoms with van der Waals surface area (Å²) in [5, 5.41) is 0. The van der Waals surface area contributed by atoms with Gasteiger partial charge >= 0.3 is 0 Å². The molecule has 252 valence electrons. The molecule has 9 rings (SSSR count). The lowest BCUT2D eigenvalue weighted by atomic mass is 9.67. The normalized spacial score (nSPS) is 12.8. The molecule has 0 nitrogen and oxygen atoms in total. The van der Waals surface area contributed by atoms with Crippen molar-refractivity contribution < 1.29 is 0 Å². The van der Waals surface area contributed by atoms with Crippen LogP contribution >= 0.6 is 15.9 Å². The summed E-state index contributed by atoms with van der Waals surface area (Å²) in [4.78, 5) is 0. The summed E-state index contributed by atoms with van der Waals surface area (Å²) in [6.45, 7) is 2.20. The van der Waals surface area contributed by atoms with Gasteiger partial charge in [-0.15, -0.1) is 0 Å². The van der Waals surface area contributed by atoms with E-state index in [1.54, 1.807) is 0 Å². The summed E-state index contributed by atoms with van der Waals surface area (Å²) >= 11 is 3.58. The second kappa shape index (κ2) is 13.8. The fraction of sp³-hybridized carbons (Fsp3) is 0.0385. The van der Waals surface area contributed by atoms with Crippen LogP contribution in [0.5, 0.6) is 0 Å². The number of hydrogen-bond acceptors (Lipinski definition) is 0. The molecule has 0 unspecified atom stereocenters. The van der Waals surface area contributed by atoms with E-state index >= 15 is 0 Å². The predicted molar refractivity (Wildman–Crippen MR) is 228 cm³/mol. The minimum atomic E-state index is -0.395. The van der Waals surface area contributed by atoms with Crippen LogP contribution in [-0.2, 0) is 5.41 Å². The number of rotatable bonds is 7. The first-order chi connectivity index (χ1) is 26.1. The zero-order valence-corrected chi connectivity index (χ0v) is 31.1. The first-order valence-electron chi connectivity index (χ1n) is 18.2. The van der Waals surface area contributed by atoms with Crippen LogP contribution in [-0.4, -0.2) is 0 Å². The Bertz CT molecular complexity index is 2570. The molecule has 0 heterocycles. The summed E-state index contributed by atoms with van der Waals surface area (Å²) < 4.78 is 1.08. The summed E-state index contributed by atoms with van der Waals surface area (Å²) in [5.41, 5.74) is 18.3. The van der Waals surface area contributed by atoms with Crippen LogP contribution in [0.2, 0.25) is 0 Å². The van der Waals surface area contributed by atoms with E-state index < -0.39 is 5.41 Å². The molecular weight excluding hydrogens is 704 g/mol. The van der Waals surface area contributed by atoms with Gasteiger partial charge in [0.05, 0.1) is 5.41 Å². The molecule has 53 heavy (non-hydrogen) atoms. The quantitative estimate of drug-likeness (QED) is 0.143. The molecule has 8 aromatic carbocycles. The monoisotopic (exact) mass is 740 g/mol. The van der Waals surface area contributed by atoms with Crippen molar-refractivity contribution in [2.75, 3.05) is 0 Å². The first-order valence-corrected chi connectivity index (χ1v) is 19.0. The molecule has 0 bridgehead atoms. The average Bonchev–Trinajstić information content (AvgIpc) is 3.52. The smallest absolute Gasteiger partial charge is 0.0622 e. The fourth-order valence-electron chi connectivity index (χ4n) is 8.28. The number of hydrogen-bond donors (Lipinski definition) is 0. The number of halogens is 1. The van der Waals surface area contributed by atoms with Crippen molar-refractivity contribution >= 4 is 28.1 Å². The van der Waals surface area contributed by atoms with Gasteiger partial charge in [0, 0.05) is 4.47 Å². The van der Waals surface area contributed by atoms with Crippen molar-refractivity contribution in [3.63, 3.8) is 0 Å². The third-order valence-corrected chi connectivity index (χ3v) is 11.3. The van der Waals surface area contributed by atoms with Gasteiger partial charge in [0.15, 0.2) is 0 Å². The summed E-state index contributed by atoms with van der Waals surface area (Å²) in [6, 6.07) is 70.9. The Morgan fingerprint density at radius 3 is 1.70 bits per heavy atom. The molecule has 0 saturated heterocycles. The lowest BCUT2D eigenvalue weighted by molar-refractivity contribution is 0.768. The van der Waals surface area contributed by atoms with E-state index in [2.05, 4.69) is 229 Å². The van der Waals surface area contributed by atoms with Gasteiger partial charge in [-0.2, -0.15) is 0 Å². The Kier molecular flexibility index (Phi) is 8.58. The van der Waals surface area contributed by atoms with E-state index in [1.165, 1.54) is 83.5 Å². The molecule has 0 N–H and O–H groups in total. The highest BCUT2D eigenvalue weighted by Gasteiger charge is 2.45. The fourth-order valence-corrected chi connectivity index (χ4v) is 8.54. The van der Waals surface area contributed by atoms with Gasteiger partial charge in [-0.25, -0.2) is 0 Å². The van der Waals surface area contributed by atoms with E-state index in [9.17, 15) is 0 Å². The average molecular weight is 742 g/mol. The van der Waals surface area contributed by atoms with Crippen LogP contribution in [0.3, 0.4) is 0 Å². The molecule has 0 atom stereocenters. The SMILES string of the molecule is Cc1ccccc1-c1ccc(-c2cccc(-c3ccc(Br)cc3)c2)cc1/C=C\c1ccc2c(c1)-c1ccccc1C2(c1ccccc1)c1ccccc1. The largest absolute Gasteiger partial charge is 0.0713 e. The Morgan fingerprint density at radius 2 is 0.981 bits per heavy atom. The molecule has 1 aliphatic rings. The maximum Gasteiger partial charge on any atom is 0.0713 e. The topological polar surface area (TPSA) is 0 Å². The van der Waals surface area contributed by atoms with E-state index in [1.807, 2.05) is 0 Å². The third kappa shape index (κ3) is 5.88. The van der Waals surface area contributed by atoms with Crippen LogP contribution in [0.4, 0.5) is 0 Å². The predicted octanol–water partition coefficient (Wildman–Crippen LogP) is 14.3. The molecule has 0 radical (unpaired) electrons. The van der Waals surface area contributed by atoms with Gasteiger partial charge in [0.2, 0.25) is 0 Å². The van der Waals surface area contributed by atoms with Crippen molar-refractivity contribution in [3.05, 3.63) is 238 Å². The Hall–Kier alpha value is -6.02.